The summed E-state index contributed by atoms with van der Waals surface area (Å²) in [5, 5.41) is 3.87. The molecule has 0 atom stereocenters. The first-order chi connectivity index (χ1) is 7.66. The van der Waals surface area contributed by atoms with Crippen molar-refractivity contribution in [2.45, 2.75) is 6.42 Å². The molecule has 0 aliphatic rings. The Bertz CT molecular complexity index is 511. The molecule has 0 aliphatic carbocycles. The van der Waals surface area contributed by atoms with E-state index in [2.05, 4.69) is 5.10 Å². The van der Waals surface area contributed by atoms with Gasteiger partial charge in [-0.05, 0) is 12.1 Å². The fourth-order valence-corrected chi connectivity index (χ4v) is 1.34. The van der Waals surface area contributed by atoms with Crippen LogP contribution in [0.3, 0.4) is 0 Å². The lowest BCUT2D eigenvalue weighted by molar-refractivity contribution is 0.0878. The highest BCUT2D eigenvalue weighted by atomic mass is 16.3. The second-order valence-corrected chi connectivity index (χ2v) is 3.40. The average molecular weight is 218 g/mol. The van der Waals surface area contributed by atoms with E-state index in [4.69, 9.17) is 4.42 Å². The molecule has 0 aromatic carbocycles. The fourth-order valence-electron chi connectivity index (χ4n) is 1.34. The molecule has 16 heavy (non-hydrogen) atoms. The van der Waals surface area contributed by atoms with Crippen LogP contribution in [0.15, 0.2) is 35.2 Å². The van der Waals surface area contributed by atoms with Gasteiger partial charge in [-0.3, -0.25) is 14.3 Å². The van der Waals surface area contributed by atoms with Gasteiger partial charge in [0.2, 0.25) is 5.78 Å². The summed E-state index contributed by atoms with van der Waals surface area (Å²) in [6, 6.07) is 3.15. The zero-order chi connectivity index (χ0) is 11.5. The third kappa shape index (κ3) is 2.08. The van der Waals surface area contributed by atoms with Gasteiger partial charge in [-0.1, -0.05) is 0 Å². The molecule has 2 heterocycles. The topological polar surface area (TPSA) is 65.1 Å². The molecule has 2 aromatic rings. The molecule has 2 rings (SSSR count). The Labute approximate surface area is 91.7 Å². The fraction of sp³-hybridized carbons (Fsp3) is 0.182. The SMILES string of the molecule is Cn1cc(C(=O)CC(=O)c2ccco2)cn1. The Morgan fingerprint density at radius 2 is 2.25 bits per heavy atom. The highest BCUT2D eigenvalue weighted by Crippen LogP contribution is 2.08. The Morgan fingerprint density at radius 1 is 1.44 bits per heavy atom. The monoisotopic (exact) mass is 218 g/mol. The van der Waals surface area contributed by atoms with Crippen molar-refractivity contribution in [1.29, 1.82) is 0 Å². The van der Waals surface area contributed by atoms with Crippen molar-refractivity contribution < 1.29 is 14.0 Å². The van der Waals surface area contributed by atoms with Crippen LogP contribution < -0.4 is 0 Å². The number of Topliss-reactive ketones (excluding diaryl/α,β-unsaturated/α-hetero) is 2. The summed E-state index contributed by atoms with van der Waals surface area (Å²) < 4.78 is 6.43. The molecule has 0 amide bonds. The molecular weight excluding hydrogens is 208 g/mol. The lowest BCUT2D eigenvalue weighted by Crippen LogP contribution is -2.07. The van der Waals surface area contributed by atoms with E-state index in [0.29, 0.717) is 5.56 Å². The third-order valence-corrected chi connectivity index (χ3v) is 2.14. The van der Waals surface area contributed by atoms with Crippen LogP contribution in [0.25, 0.3) is 0 Å². The molecule has 0 spiro atoms. The van der Waals surface area contributed by atoms with E-state index in [1.807, 2.05) is 0 Å². The number of hydrogen-bond acceptors (Lipinski definition) is 4. The van der Waals surface area contributed by atoms with Gasteiger partial charge in [0.05, 0.1) is 24.4 Å². The number of nitrogens with zero attached hydrogens (tertiary/aromatic N) is 2. The Hall–Kier alpha value is -2.17. The molecule has 82 valence electrons. The Balaban J connectivity index is 2.06. The Kier molecular flexibility index (Phi) is 2.68. The first-order valence-corrected chi connectivity index (χ1v) is 4.75. The van der Waals surface area contributed by atoms with Crippen molar-refractivity contribution in [3.8, 4) is 0 Å². The maximum atomic E-state index is 11.6. The Morgan fingerprint density at radius 3 is 2.81 bits per heavy atom. The maximum absolute atomic E-state index is 11.6. The van der Waals surface area contributed by atoms with Crippen LogP contribution in [0.1, 0.15) is 27.3 Å². The zero-order valence-corrected chi connectivity index (χ0v) is 8.71. The normalized spacial score (nSPS) is 10.3. The second kappa shape index (κ2) is 4.14. The van der Waals surface area contributed by atoms with Crippen LogP contribution in [0.2, 0.25) is 0 Å². The predicted octanol–water partition coefficient (Wildman–Crippen LogP) is 1.47. The minimum atomic E-state index is -0.321. The van der Waals surface area contributed by atoms with Crippen molar-refractivity contribution in [3.63, 3.8) is 0 Å². The summed E-state index contributed by atoms with van der Waals surface area (Å²) in [6.45, 7) is 0. The predicted molar refractivity (Wildman–Crippen MR) is 55.2 cm³/mol. The summed E-state index contributed by atoms with van der Waals surface area (Å²) in [5.74, 6) is -0.370. The first kappa shape index (κ1) is 10.4. The summed E-state index contributed by atoms with van der Waals surface area (Å²) >= 11 is 0. The second-order valence-electron chi connectivity index (χ2n) is 3.40. The van der Waals surface area contributed by atoms with Gasteiger partial charge < -0.3 is 4.42 Å². The molecule has 0 fully saturated rings. The summed E-state index contributed by atoms with van der Waals surface area (Å²) in [7, 11) is 1.71. The molecule has 0 bridgehead atoms. The van der Waals surface area contributed by atoms with Crippen LogP contribution in [0.5, 0.6) is 0 Å². The third-order valence-electron chi connectivity index (χ3n) is 2.14. The summed E-state index contributed by atoms with van der Waals surface area (Å²) in [5.41, 5.74) is 0.433. The number of aromatic nitrogens is 2. The first-order valence-electron chi connectivity index (χ1n) is 4.75. The van der Waals surface area contributed by atoms with Gasteiger partial charge in [0.1, 0.15) is 0 Å². The molecule has 5 nitrogen and oxygen atoms in total. The van der Waals surface area contributed by atoms with Gasteiger partial charge in [-0.15, -0.1) is 0 Å². The van der Waals surface area contributed by atoms with Crippen LogP contribution in [0, 0.1) is 0 Å². The van der Waals surface area contributed by atoms with Crippen molar-refractivity contribution in [2.75, 3.05) is 0 Å². The minimum absolute atomic E-state index is 0.195. The van der Waals surface area contributed by atoms with Crippen LogP contribution in [0.4, 0.5) is 0 Å². The van der Waals surface area contributed by atoms with E-state index in [1.165, 1.54) is 17.1 Å². The molecular formula is C11H10N2O3. The maximum Gasteiger partial charge on any atom is 0.205 e. The standard InChI is InChI=1S/C11H10N2O3/c1-13-7-8(6-12-13)9(14)5-10(15)11-3-2-4-16-11/h2-4,6-7H,5H2,1H3. The van der Waals surface area contributed by atoms with Crippen LogP contribution >= 0.6 is 0 Å². The van der Waals surface area contributed by atoms with Crippen molar-refractivity contribution in [2.24, 2.45) is 7.05 Å². The van der Waals surface area contributed by atoms with E-state index in [9.17, 15) is 9.59 Å². The lowest BCUT2D eigenvalue weighted by atomic mass is 10.1. The smallest absolute Gasteiger partial charge is 0.205 e. The van der Waals surface area contributed by atoms with E-state index in [0.717, 1.165) is 0 Å². The van der Waals surface area contributed by atoms with Gasteiger partial charge >= 0.3 is 0 Å². The summed E-state index contributed by atoms with van der Waals surface area (Å²) in [4.78, 5) is 23.2. The van der Waals surface area contributed by atoms with E-state index < -0.39 is 0 Å². The molecule has 0 unspecified atom stereocenters. The summed E-state index contributed by atoms with van der Waals surface area (Å²) in [6.07, 6.45) is 4.23. The van der Waals surface area contributed by atoms with E-state index in [1.54, 1.807) is 25.4 Å². The number of furan rings is 1. The molecule has 0 saturated heterocycles. The van der Waals surface area contributed by atoms with Crippen LogP contribution in [-0.4, -0.2) is 21.3 Å². The highest BCUT2D eigenvalue weighted by molar-refractivity contribution is 6.12. The molecule has 2 aromatic heterocycles. The minimum Gasteiger partial charge on any atom is -0.461 e. The number of carbonyl (C=O) groups is 2. The lowest BCUT2D eigenvalue weighted by Gasteiger charge is -1.94. The van der Waals surface area contributed by atoms with Crippen molar-refractivity contribution in [1.82, 2.24) is 9.78 Å². The molecule has 5 heteroatoms. The van der Waals surface area contributed by atoms with Crippen molar-refractivity contribution >= 4 is 11.6 Å². The van der Waals surface area contributed by atoms with Gasteiger partial charge in [0, 0.05) is 13.2 Å². The van der Waals surface area contributed by atoms with Gasteiger partial charge in [0.15, 0.2) is 11.5 Å². The molecule has 0 saturated carbocycles. The number of aryl methyl sites for hydroxylation is 1. The quantitative estimate of drug-likeness (QED) is 0.575. The molecule has 0 radical (unpaired) electrons. The number of ketones is 2. The van der Waals surface area contributed by atoms with Crippen molar-refractivity contribution in [3.05, 3.63) is 42.1 Å². The largest absolute Gasteiger partial charge is 0.461 e. The zero-order valence-electron chi connectivity index (χ0n) is 8.71. The molecule has 0 aliphatic heterocycles. The van der Waals surface area contributed by atoms with Gasteiger partial charge in [0.25, 0.3) is 0 Å². The number of hydrogen-bond donors (Lipinski definition) is 0. The number of carbonyl (C=O) groups excluding carboxylic acids is 2. The van der Waals surface area contributed by atoms with E-state index in [-0.39, 0.29) is 23.7 Å². The average Bonchev–Trinajstić information content (AvgIpc) is 2.87. The molecule has 0 N–H and O–H groups in total. The number of rotatable bonds is 4. The highest BCUT2D eigenvalue weighted by Gasteiger charge is 2.16. The van der Waals surface area contributed by atoms with Crippen LogP contribution in [-0.2, 0) is 7.05 Å². The van der Waals surface area contributed by atoms with Gasteiger partial charge in [-0.2, -0.15) is 5.10 Å². The van der Waals surface area contributed by atoms with Gasteiger partial charge in [-0.25, -0.2) is 0 Å². The van der Waals surface area contributed by atoms with E-state index >= 15 is 0 Å².